The van der Waals surface area contributed by atoms with Gasteiger partial charge in [-0.05, 0) is 107 Å². The predicted molar refractivity (Wildman–Crippen MR) is 284 cm³/mol. The molecular formula is C52H64N16O9. The third-order valence-corrected chi connectivity index (χ3v) is 13.9. The van der Waals surface area contributed by atoms with Crippen LogP contribution in [0.5, 0.6) is 5.75 Å². The summed E-state index contributed by atoms with van der Waals surface area (Å²) >= 11 is 0. The van der Waals surface area contributed by atoms with Crippen LogP contribution in [0.4, 0.5) is 23.5 Å². The van der Waals surface area contributed by atoms with E-state index in [0.717, 1.165) is 19.3 Å². The number of aliphatic hydroxyl groups is 2. The number of phenolic OH excluding ortho intramolecular Hbond substituents is 1. The molecular weight excluding hydrogens is 993 g/mol. The van der Waals surface area contributed by atoms with E-state index < -0.39 is 30.3 Å². The standard InChI is InChI=1S/C52H64N16O9/c1-31(69)25-35-30-67(61-60-35)42(8-4-6-16-54)47(73)63-17-21-65(22-18-63)51-56-50(57-52(58-51)66-23-19-64(20-24-66)48(74)46(32(2)70)68-29-34(59-62-68)7-3-5-15-53)55-33-9-12-38(41(26-33)49(75)76)45-39-13-10-36(71)27-43(39)77-44-28-37(72)11-14-40(44)45/h9-14,26-32,42,46,69-71H,3-8,15-25,53-54H2,1-2H3,(H,75,76)(H,55,56,57,58)/t31?,32-,42+,46+/m1/s1. The number of hydrogen-bond acceptors (Lipinski definition) is 20. The Morgan fingerprint density at radius 1 is 0.727 bits per heavy atom. The summed E-state index contributed by atoms with van der Waals surface area (Å²) in [6, 6.07) is 11.9. The molecule has 9 rings (SSSR count). The number of anilines is 4. The van der Waals surface area contributed by atoms with Gasteiger partial charge in [-0.1, -0.05) is 16.5 Å². The first-order valence-electron chi connectivity index (χ1n) is 25.9. The second-order valence-corrected chi connectivity index (χ2v) is 19.6. The van der Waals surface area contributed by atoms with E-state index in [4.69, 9.17) is 30.8 Å². The van der Waals surface area contributed by atoms with Gasteiger partial charge in [0, 0.05) is 106 Å². The first-order chi connectivity index (χ1) is 37.2. The molecule has 25 heteroatoms. The van der Waals surface area contributed by atoms with Crippen LogP contribution in [0.2, 0.25) is 0 Å². The molecule has 3 aliphatic heterocycles. The van der Waals surface area contributed by atoms with Gasteiger partial charge < -0.3 is 61.2 Å². The number of rotatable bonds is 21. The number of aryl methyl sites for hydroxylation is 1. The van der Waals surface area contributed by atoms with Gasteiger partial charge in [-0.15, -0.1) is 10.2 Å². The number of aromatic nitrogens is 9. The first-order valence-corrected chi connectivity index (χ1v) is 25.9. The van der Waals surface area contributed by atoms with Gasteiger partial charge in [-0.3, -0.25) is 14.4 Å². The van der Waals surface area contributed by atoms with Crippen LogP contribution >= 0.6 is 0 Å². The Kier molecular flexibility index (Phi) is 16.6. The lowest BCUT2D eigenvalue weighted by atomic mass is 9.90. The summed E-state index contributed by atoms with van der Waals surface area (Å²) in [6.07, 6.45) is 6.23. The average Bonchev–Trinajstić information content (AvgIpc) is 4.09. The number of amides is 2. The fraction of sp³-hybridized carbons (Fsp3) is 0.442. The van der Waals surface area contributed by atoms with Crippen molar-refractivity contribution in [3.05, 3.63) is 94.2 Å². The van der Waals surface area contributed by atoms with Crippen molar-refractivity contribution in [2.45, 2.75) is 83.1 Å². The molecule has 2 aromatic carbocycles. The molecule has 1 unspecified atom stereocenters. The SMILES string of the molecule is CC(O)Cc1cn([C@@H](CCCCN)C(=O)N2CCN(c3nc(Nc4ccc(-c5c6ccc(=O)cc-6oc6cc(O)ccc56)c(C(=O)O)c4)nc(N4CCN(C(=O)[C@H]([C@@H](C)O)n5cc(CCCCN)nn5)CC4)n3)CC2)nn1. The zero-order valence-electron chi connectivity index (χ0n) is 43.0. The quantitative estimate of drug-likeness (QED) is 0.0402. The van der Waals surface area contributed by atoms with Crippen molar-refractivity contribution in [3.8, 4) is 28.2 Å². The number of unbranched alkanes of at least 4 members (excludes halogenated alkanes) is 2. The number of carbonyl (C=O) groups excluding carboxylic acids is 2. The topological polar surface area (TPSA) is 339 Å². The predicted octanol–water partition coefficient (Wildman–Crippen LogP) is 2.57. The minimum atomic E-state index is -1.24. The number of aliphatic hydroxyl groups excluding tert-OH is 2. The van der Waals surface area contributed by atoms with Crippen LogP contribution in [0, 0.1) is 0 Å². The van der Waals surface area contributed by atoms with Crippen molar-refractivity contribution in [3.63, 3.8) is 0 Å². The van der Waals surface area contributed by atoms with Crippen molar-refractivity contribution < 1.29 is 39.2 Å². The van der Waals surface area contributed by atoms with Crippen LogP contribution in [0.3, 0.4) is 0 Å². The molecule has 2 saturated heterocycles. The summed E-state index contributed by atoms with van der Waals surface area (Å²) in [5, 5.41) is 62.5. The molecule has 2 fully saturated rings. The maximum Gasteiger partial charge on any atom is 0.336 e. The fourth-order valence-corrected chi connectivity index (χ4v) is 9.91. The highest BCUT2D eigenvalue weighted by molar-refractivity contribution is 6.08. The maximum atomic E-state index is 14.3. The van der Waals surface area contributed by atoms with E-state index in [2.05, 4.69) is 25.9 Å². The Hall–Kier alpha value is -8.13. The summed E-state index contributed by atoms with van der Waals surface area (Å²) in [6.45, 7) is 6.75. The van der Waals surface area contributed by atoms with Gasteiger partial charge in [0.15, 0.2) is 11.5 Å². The van der Waals surface area contributed by atoms with Crippen molar-refractivity contribution in [1.82, 2.24) is 54.7 Å². The van der Waals surface area contributed by atoms with Gasteiger partial charge in [0.25, 0.3) is 0 Å². The van der Waals surface area contributed by atoms with Crippen molar-refractivity contribution in [2.24, 2.45) is 11.5 Å². The van der Waals surface area contributed by atoms with Gasteiger partial charge in [0.2, 0.25) is 29.7 Å². The molecule has 0 saturated carbocycles. The van der Waals surface area contributed by atoms with E-state index in [1.807, 2.05) is 9.80 Å². The molecule has 77 heavy (non-hydrogen) atoms. The number of aromatic carboxylic acids is 1. The molecule has 1 aliphatic carbocycles. The highest BCUT2D eigenvalue weighted by Gasteiger charge is 2.35. The van der Waals surface area contributed by atoms with E-state index in [9.17, 15) is 39.6 Å². The molecule has 4 atom stereocenters. The highest BCUT2D eigenvalue weighted by atomic mass is 16.4. The minimum Gasteiger partial charge on any atom is -0.508 e. The van der Waals surface area contributed by atoms with Gasteiger partial charge in [0.1, 0.15) is 23.1 Å². The zero-order chi connectivity index (χ0) is 54.3. The first kappa shape index (κ1) is 53.7. The van der Waals surface area contributed by atoms with Crippen molar-refractivity contribution in [2.75, 3.05) is 80.6 Å². The molecule has 2 amide bonds. The third-order valence-electron chi connectivity index (χ3n) is 13.9. The molecule has 25 nitrogen and oxygen atoms in total. The van der Waals surface area contributed by atoms with Crippen molar-refractivity contribution in [1.29, 1.82) is 0 Å². The van der Waals surface area contributed by atoms with E-state index in [1.165, 1.54) is 35.0 Å². The Bertz CT molecular complexity index is 3230. The lowest BCUT2D eigenvalue weighted by molar-refractivity contribution is -0.138. The molecule has 6 heterocycles. The summed E-state index contributed by atoms with van der Waals surface area (Å²) in [7, 11) is 0. The third kappa shape index (κ3) is 12.3. The largest absolute Gasteiger partial charge is 0.508 e. The second-order valence-electron chi connectivity index (χ2n) is 19.6. The fourth-order valence-electron chi connectivity index (χ4n) is 9.91. The van der Waals surface area contributed by atoms with E-state index >= 15 is 0 Å². The normalized spacial score (nSPS) is 15.7. The number of carboxylic acids is 1. The van der Waals surface area contributed by atoms with Gasteiger partial charge >= 0.3 is 5.97 Å². The number of nitrogens with two attached hydrogens (primary N) is 2. The average molecular weight is 1060 g/mol. The number of piperazine rings is 2. The number of nitrogens with zero attached hydrogens (tertiary/aromatic N) is 13. The van der Waals surface area contributed by atoms with E-state index in [-0.39, 0.29) is 64.9 Å². The summed E-state index contributed by atoms with van der Waals surface area (Å²) in [4.78, 5) is 75.9. The summed E-state index contributed by atoms with van der Waals surface area (Å²) in [5.74, 6) is -0.852. The van der Waals surface area contributed by atoms with Crippen LogP contribution in [-0.2, 0) is 22.4 Å². The second kappa shape index (κ2) is 23.8. The number of phenols is 1. The van der Waals surface area contributed by atoms with E-state index in [1.54, 1.807) is 65.0 Å². The Morgan fingerprint density at radius 3 is 2.03 bits per heavy atom. The molecule has 0 radical (unpaired) electrons. The number of carboxylic acid groups (broad SMARTS) is 1. The van der Waals surface area contributed by atoms with Crippen molar-refractivity contribution >= 4 is 52.3 Å². The van der Waals surface area contributed by atoms with Crippen LogP contribution in [0.15, 0.2) is 76.2 Å². The van der Waals surface area contributed by atoms with Gasteiger partial charge in [-0.25, -0.2) is 14.2 Å². The zero-order valence-corrected chi connectivity index (χ0v) is 43.0. The number of nitrogens with one attached hydrogen (secondary N) is 1. The Balaban J connectivity index is 0.996. The van der Waals surface area contributed by atoms with Crippen LogP contribution in [0.1, 0.15) is 79.8 Å². The molecule has 3 aromatic heterocycles. The highest BCUT2D eigenvalue weighted by Crippen LogP contribution is 2.43. The molecule has 0 bridgehead atoms. The minimum absolute atomic E-state index is 0.0734. The molecule has 9 N–H and O–H groups in total. The monoisotopic (exact) mass is 1060 g/mol. The number of fused-ring (bicyclic) bond motifs is 2. The maximum absolute atomic E-state index is 14.3. The molecule has 4 aliphatic rings. The van der Waals surface area contributed by atoms with E-state index in [0.29, 0.717) is 123 Å². The number of aromatic hydroxyl groups is 1. The molecule has 0 spiro atoms. The van der Waals surface area contributed by atoms with Crippen LogP contribution in [0.25, 0.3) is 33.4 Å². The van der Waals surface area contributed by atoms with Crippen LogP contribution in [-0.4, -0.2) is 171 Å². The van der Waals surface area contributed by atoms with Gasteiger partial charge in [-0.2, -0.15) is 15.0 Å². The Labute approximate surface area is 442 Å². The number of benzene rings is 3. The lowest BCUT2D eigenvalue weighted by Gasteiger charge is -2.38. The summed E-state index contributed by atoms with van der Waals surface area (Å²) in [5.41, 5.74) is 14.2. The van der Waals surface area contributed by atoms with Gasteiger partial charge in [0.05, 0.1) is 29.2 Å². The van der Waals surface area contributed by atoms with Crippen LogP contribution < -0.4 is 32.0 Å². The smallest absolute Gasteiger partial charge is 0.336 e. The Morgan fingerprint density at radius 2 is 1.36 bits per heavy atom. The number of hydrogen-bond donors (Lipinski definition) is 7. The lowest BCUT2D eigenvalue weighted by Crippen LogP contribution is -2.53. The summed E-state index contributed by atoms with van der Waals surface area (Å²) < 4.78 is 9.01. The molecule has 5 aromatic rings. The number of carbonyl (C=O) groups is 3. The molecule has 406 valence electrons.